The van der Waals surface area contributed by atoms with Crippen LogP contribution >= 0.6 is 23.2 Å². The summed E-state index contributed by atoms with van der Waals surface area (Å²) in [5, 5.41) is 7.88. The van der Waals surface area contributed by atoms with E-state index < -0.39 is 11.0 Å². The summed E-state index contributed by atoms with van der Waals surface area (Å²) in [5.41, 5.74) is 0. The minimum Gasteiger partial charge on any atom is -0.376 e. The summed E-state index contributed by atoms with van der Waals surface area (Å²) < 4.78 is 12.2. The van der Waals surface area contributed by atoms with Crippen LogP contribution in [0.2, 0.25) is 0 Å². The zero-order valence-electron chi connectivity index (χ0n) is 4.63. The lowest BCUT2D eigenvalue weighted by Crippen LogP contribution is -2.04. The van der Waals surface area contributed by atoms with Crippen LogP contribution in [0.4, 0.5) is 4.39 Å². The van der Waals surface area contributed by atoms with E-state index in [0.717, 1.165) is 0 Å². The van der Waals surface area contributed by atoms with Crippen LogP contribution < -0.4 is 5.32 Å². The fourth-order valence-corrected chi connectivity index (χ4v) is 0.443. The molecule has 0 aliphatic rings. The van der Waals surface area contributed by atoms with Crippen LogP contribution in [-0.4, -0.2) is 12.2 Å². The Morgan fingerprint density at radius 1 is 1.56 bits per heavy atom. The molecule has 0 aliphatic heterocycles. The Morgan fingerprint density at radius 2 is 2.00 bits per heavy atom. The van der Waals surface area contributed by atoms with Crippen LogP contribution in [0.5, 0.6) is 0 Å². The van der Waals surface area contributed by atoms with Crippen molar-refractivity contribution in [1.82, 2.24) is 5.32 Å². The van der Waals surface area contributed by atoms with E-state index in [0.29, 0.717) is 0 Å². The maximum Gasteiger partial charge on any atom is 0.194 e. The summed E-state index contributed by atoms with van der Waals surface area (Å²) in [4.78, 5) is 0. The van der Waals surface area contributed by atoms with Crippen LogP contribution in [0, 0.1) is 5.41 Å². The molecule has 0 unspecified atom stereocenters. The lowest BCUT2D eigenvalue weighted by Gasteiger charge is -1.95. The van der Waals surface area contributed by atoms with E-state index in [9.17, 15) is 4.39 Å². The standard InChI is InChI=1S/C4H5Cl2FN2/c1-9-4(6)2(7)3(5)8/h8-9H,1H3/b4-2+,8-3?. The molecule has 0 heterocycles. The number of rotatable bonds is 2. The van der Waals surface area contributed by atoms with Gasteiger partial charge in [0.05, 0.1) is 0 Å². The highest BCUT2D eigenvalue weighted by Crippen LogP contribution is 2.10. The van der Waals surface area contributed by atoms with E-state index in [4.69, 9.17) is 28.6 Å². The molecule has 0 aromatic rings. The highest BCUT2D eigenvalue weighted by Gasteiger charge is 2.04. The molecule has 0 aliphatic carbocycles. The molecular formula is C4H5Cl2FN2. The Hall–Kier alpha value is -0.280. The molecule has 0 spiro atoms. The Bertz CT molecular complexity index is 155. The minimum absolute atomic E-state index is 0.255. The summed E-state index contributed by atoms with van der Waals surface area (Å²) in [5.74, 6) is -0.944. The van der Waals surface area contributed by atoms with Gasteiger partial charge in [0.2, 0.25) is 0 Å². The third-order valence-electron chi connectivity index (χ3n) is 0.605. The molecule has 0 bridgehead atoms. The molecule has 0 aromatic carbocycles. The van der Waals surface area contributed by atoms with Gasteiger partial charge in [-0.1, -0.05) is 23.2 Å². The van der Waals surface area contributed by atoms with Gasteiger partial charge in [-0.2, -0.15) is 0 Å². The quantitative estimate of drug-likeness (QED) is 0.482. The molecule has 52 valence electrons. The van der Waals surface area contributed by atoms with E-state index in [1.54, 1.807) is 0 Å². The number of hydrogen-bond donors (Lipinski definition) is 2. The lowest BCUT2D eigenvalue weighted by molar-refractivity contribution is 0.669. The predicted octanol–water partition coefficient (Wildman–Crippen LogP) is 1.80. The third-order valence-corrected chi connectivity index (χ3v) is 1.13. The number of allylic oxidation sites excluding steroid dienone is 1. The van der Waals surface area contributed by atoms with Gasteiger partial charge in [0.25, 0.3) is 0 Å². The van der Waals surface area contributed by atoms with Crippen molar-refractivity contribution < 1.29 is 4.39 Å². The van der Waals surface area contributed by atoms with E-state index >= 15 is 0 Å². The van der Waals surface area contributed by atoms with Crippen LogP contribution in [0.3, 0.4) is 0 Å². The van der Waals surface area contributed by atoms with Crippen LogP contribution in [-0.2, 0) is 0 Å². The summed E-state index contributed by atoms with van der Waals surface area (Å²) in [6, 6.07) is 0. The van der Waals surface area contributed by atoms with Gasteiger partial charge in [-0.15, -0.1) is 0 Å². The smallest absolute Gasteiger partial charge is 0.194 e. The largest absolute Gasteiger partial charge is 0.376 e. The Balaban J connectivity index is 4.28. The normalized spacial score (nSPS) is 12.4. The van der Waals surface area contributed by atoms with Gasteiger partial charge < -0.3 is 5.32 Å². The first kappa shape index (κ1) is 8.72. The Labute approximate surface area is 62.2 Å². The summed E-state index contributed by atoms with van der Waals surface area (Å²) in [6.07, 6.45) is 0. The minimum atomic E-state index is -0.944. The molecular weight excluding hydrogens is 166 g/mol. The first-order valence-corrected chi connectivity index (χ1v) is 2.82. The van der Waals surface area contributed by atoms with Crippen molar-refractivity contribution in [2.75, 3.05) is 7.05 Å². The van der Waals surface area contributed by atoms with Crippen molar-refractivity contribution >= 4 is 28.4 Å². The number of halogens is 3. The molecule has 2 N–H and O–H groups in total. The fraction of sp³-hybridized carbons (Fsp3) is 0.250. The summed E-state index contributed by atoms with van der Waals surface area (Å²) in [7, 11) is 1.43. The zero-order chi connectivity index (χ0) is 7.44. The maximum atomic E-state index is 12.2. The fourth-order valence-electron chi connectivity index (χ4n) is 0.206. The van der Waals surface area contributed by atoms with Crippen LogP contribution in [0.1, 0.15) is 0 Å². The topological polar surface area (TPSA) is 35.9 Å². The molecule has 0 aromatic heterocycles. The van der Waals surface area contributed by atoms with E-state index in [1.807, 2.05) is 0 Å². The monoisotopic (exact) mass is 170 g/mol. The van der Waals surface area contributed by atoms with Crippen molar-refractivity contribution in [3.63, 3.8) is 0 Å². The molecule has 0 saturated heterocycles. The van der Waals surface area contributed by atoms with Crippen molar-refractivity contribution in [3.8, 4) is 0 Å². The molecule has 0 fully saturated rings. The van der Waals surface area contributed by atoms with Gasteiger partial charge in [0.1, 0.15) is 5.16 Å². The van der Waals surface area contributed by atoms with E-state index in [2.05, 4.69) is 5.32 Å². The van der Waals surface area contributed by atoms with Gasteiger partial charge in [0, 0.05) is 7.05 Å². The molecule has 0 atom stereocenters. The molecule has 0 saturated carbocycles. The summed E-state index contributed by atoms with van der Waals surface area (Å²) >= 11 is 10.1. The van der Waals surface area contributed by atoms with Crippen molar-refractivity contribution in [3.05, 3.63) is 11.0 Å². The first-order valence-electron chi connectivity index (χ1n) is 2.07. The van der Waals surface area contributed by atoms with Gasteiger partial charge in [-0.3, -0.25) is 5.41 Å². The van der Waals surface area contributed by atoms with Crippen molar-refractivity contribution in [1.29, 1.82) is 5.41 Å². The SMILES string of the molecule is CN/C(Cl)=C(/F)C(=N)Cl. The molecule has 2 nitrogen and oxygen atoms in total. The average Bonchev–Trinajstić information content (AvgIpc) is 1.84. The highest BCUT2D eigenvalue weighted by atomic mass is 35.5. The van der Waals surface area contributed by atoms with Gasteiger partial charge >= 0.3 is 0 Å². The van der Waals surface area contributed by atoms with Crippen molar-refractivity contribution in [2.45, 2.75) is 0 Å². The van der Waals surface area contributed by atoms with Crippen LogP contribution in [0.15, 0.2) is 11.0 Å². The highest BCUT2D eigenvalue weighted by molar-refractivity contribution is 6.68. The van der Waals surface area contributed by atoms with Gasteiger partial charge in [-0.25, -0.2) is 4.39 Å². The maximum absolute atomic E-state index is 12.2. The van der Waals surface area contributed by atoms with Crippen molar-refractivity contribution in [2.24, 2.45) is 0 Å². The zero-order valence-corrected chi connectivity index (χ0v) is 6.15. The average molecular weight is 171 g/mol. The predicted molar refractivity (Wildman–Crippen MR) is 36.6 cm³/mol. The second-order valence-electron chi connectivity index (χ2n) is 1.19. The molecule has 0 rings (SSSR count). The molecule has 0 radical (unpaired) electrons. The van der Waals surface area contributed by atoms with Gasteiger partial charge in [-0.05, 0) is 0 Å². The molecule has 0 amide bonds. The Morgan fingerprint density at radius 3 is 2.11 bits per heavy atom. The third kappa shape index (κ3) is 2.67. The van der Waals surface area contributed by atoms with E-state index in [1.165, 1.54) is 7.05 Å². The molecule has 5 heteroatoms. The Kier molecular flexibility index (Phi) is 3.58. The number of nitrogens with one attached hydrogen (secondary N) is 2. The lowest BCUT2D eigenvalue weighted by atomic mass is 10.6. The number of hydrogen-bond acceptors (Lipinski definition) is 2. The second-order valence-corrected chi connectivity index (χ2v) is 1.95. The van der Waals surface area contributed by atoms with Gasteiger partial charge in [0.15, 0.2) is 11.0 Å². The van der Waals surface area contributed by atoms with E-state index in [-0.39, 0.29) is 5.16 Å². The summed E-state index contributed by atoms with van der Waals surface area (Å²) in [6.45, 7) is 0. The molecule has 9 heavy (non-hydrogen) atoms. The van der Waals surface area contributed by atoms with Crippen LogP contribution in [0.25, 0.3) is 0 Å². The second kappa shape index (κ2) is 3.69. The first-order chi connectivity index (χ1) is 4.09.